The Hall–Kier alpha value is -3.36. The summed E-state index contributed by atoms with van der Waals surface area (Å²) in [4.78, 5) is 12.3. The van der Waals surface area contributed by atoms with E-state index in [0.717, 1.165) is 49.8 Å². The smallest absolute Gasteiger partial charge is 0.258 e. The zero-order chi connectivity index (χ0) is 25.7. The van der Waals surface area contributed by atoms with E-state index in [1.807, 2.05) is 56.3 Å². The molecule has 0 radical (unpaired) electrons. The van der Waals surface area contributed by atoms with Crippen LogP contribution in [0.15, 0.2) is 71.5 Å². The molecular formula is C28H29NO5S2. The van der Waals surface area contributed by atoms with Crippen molar-refractivity contribution in [2.75, 3.05) is 18.6 Å². The first-order valence-corrected chi connectivity index (χ1v) is 14.5. The fourth-order valence-electron chi connectivity index (χ4n) is 3.90. The number of H-pyrrole nitrogens is 1. The van der Waals surface area contributed by atoms with E-state index in [4.69, 9.17) is 9.47 Å². The summed E-state index contributed by atoms with van der Waals surface area (Å²) in [6, 6.07) is 21.7. The quantitative estimate of drug-likeness (QED) is 0.266. The van der Waals surface area contributed by atoms with Crippen molar-refractivity contribution in [2.45, 2.75) is 26.9 Å². The molecule has 36 heavy (non-hydrogen) atoms. The van der Waals surface area contributed by atoms with Crippen molar-refractivity contribution in [3.8, 4) is 33.1 Å². The minimum absolute atomic E-state index is 0.0904. The Morgan fingerprint density at radius 3 is 2.36 bits per heavy atom. The lowest BCUT2D eigenvalue weighted by atomic mass is 9.96. The third-order valence-electron chi connectivity index (χ3n) is 5.75. The zero-order valence-electron chi connectivity index (χ0n) is 20.5. The van der Waals surface area contributed by atoms with E-state index in [9.17, 15) is 13.2 Å². The predicted molar refractivity (Wildman–Crippen MR) is 146 cm³/mol. The van der Waals surface area contributed by atoms with Gasteiger partial charge in [-0.05, 0) is 96.1 Å². The van der Waals surface area contributed by atoms with E-state index in [1.54, 1.807) is 6.07 Å². The van der Waals surface area contributed by atoms with Gasteiger partial charge in [0.2, 0.25) is 0 Å². The molecule has 0 aliphatic heterocycles. The molecule has 1 aromatic heterocycles. The van der Waals surface area contributed by atoms with Gasteiger partial charge in [0.05, 0.1) is 17.2 Å². The van der Waals surface area contributed by atoms with E-state index < -0.39 is 9.84 Å². The van der Waals surface area contributed by atoms with Crippen LogP contribution >= 0.6 is 11.5 Å². The lowest BCUT2D eigenvalue weighted by molar-refractivity contribution is 0.306. The Balaban J connectivity index is 1.41. The number of aromatic nitrogens is 1. The van der Waals surface area contributed by atoms with Crippen LogP contribution in [0.25, 0.3) is 21.6 Å². The van der Waals surface area contributed by atoms with Gasteiger partial charge in [-0.15, -0.1) is 0 Å². The molecule has 4 rings (SSSR count). The minimum Gasteiger partial charge on any atom is -0.493 e. The van der Waals surface area contributed by atoms with Gasteiger partial charge in [-0.3, -0.25) is 9.17 Å². The van der Waals surface area contributed by atoms with Crippen molar-refractivity contribution in [1.29, 1.82) is 0 Å². The van der Waals surface area contributed by atoms with E-state index >= 15 is 0 Å². The molecule has 0 saturated heterocycles. The highest BCUT2D eigenvalue weighted by atomic mass is 32.2. The summed E-state index contributed by atoms with van der Waals surface area (Å²) in [5.74, 6) is 1.66. The second-order valence-electron chi connectivity index (χ2n) is 8.85. The maximum Gasteiger partial charge on any atom is 0.258 e. The first kappa shape index (κ1) is 25.7. The molecule has 0 aliphatic rings. The third kappa shape index (κ3) is 6.86. The van der Waals surface area contributed by atoms with Gasteiger partial charge in [0.15, 0.2) is 0 Å². The number of sulfone groups is 1. The van der Waals surface area contributed by atoms with E-state index in [-0.39, 0.29) is 11.3 Å². The second kappa shape index (κ2) is 11.1. The normalized spacial score (nSPS) is 11.4. The first-order chi connectivity index (χ1) is 17.2. The van der Waals surface area contributed by atoms with Crippen molar-refractivity contribution >= 4 is 21.4 Å². The van der Waals surface area contributed by atoms with Gasteiger partial charge >= 0.3 is 0 Å². The second-order valence-corrected chi connectivity index (χ2v) is 12.0. The van der Waals surface area contributed by atoms with Crippen LogP contribution in [-0.2, 0) is 16.4 Å². The lowest BCUT2D eigenvalue weighted by Crippen LogP contribution is -2.08. The number of benzene rings is 3. The number of aromatic amines is 1. The van der Waals surface area contributed by atoms with Crippen molar-refractivity contribution in [1.82, 2.24) is 4.37 Å². The summed E-state index contributed by atoms with van der Waals surface area (Å²) >= 11 is 1.32. The Morgan fingerprint density at radius 1 is 0.889 bits per heavy atom. The molecule has 0 unspecified atom stereocenters. The maximum atomic E-state index is 11.4. The highest BCUT2D eigenvalue weighted by molar-refractivity contribution is 7.90. The Bertz CT molecular complexity index is 1500. The molecular weight excluding hydrogens is 494 g/mol. The first-order valence-electron chi connectivity index (χ1n) is 11.6. The number of aryl methyl sites for hydroxylation is 2. The summed E-state index contributed by atoms with van der Waals surface area (Å²) in [5, 5.41) is 0. The lowest BCUT2D eigenvalue weighted by Gasteiger charge is -2.15. The molecule has 1 N–H and O–H groups in total. The molecule has 4 aromatic rings. The van der Waals surface area contributed by atoms with Crippen LogP contribution in [0.3, 0.4) is 0 Å². The van der Waals surface area contributed by atoms with E-state index in [0.29, 0.717) is 19.6 Å². The van der Waals surface area contributed by atoms with E-state index in [1.165, 1.54) is 17.8 Å². The topological polar surface area (TPSA) is 85.5 Å². The van der Waals surface area contributed by atoms with Crippen molar-refractivity contribution in [3.05, 3.63) is 93.8 Å². The number of hydrogen-bond donors (Lipinski definition) is 1. The van der Waals surface area contributed by atoms with Crippen LogP contribution in [0.2, 0.25) is 0 Å². The molecule has 8 heteroatoms. The SMILES string of the molecule is Cc1cc(-c2cccc(COc3ccc(-c4cc(=O)[nH]s4)cc3)c2)c(C)cc1OCCCS(C)(=O)=O. The van der Waals surface area contributed by atoms with Crippen LogP contribution in [0.5, 0.6) is 11.5 Å². The largest absolute Gasteiger partial charge is 0.493 e. The molecule has 0 atom stereocenters. The molecule has 0 bridgehead atoms. The number of nitrogens with one attached hydrogen (secondary N) is 1. The summed E-state index contributed by atoms with van der Waals surface area (Å²) in [7, 11) is -2.98. The van der Waals surface area contributed by atoms with Gasteiger partial charge in [0.25, 0.3) is 5.56 Å². The van der Waals surface area contributed by atoms with Gasteiger partial charge in [0, 0.05) is 12.3 Å². The van der Waals surface area contributed by atoms with Crippen LogP contribution < -0.4 is 15.0 Å². The summed E-state index contributed by atoms with van der Waals surface area (Å²) in [5.41, 5.74) is 6.24. The Morgan fingerprint density at radius 2 is 1.67 bits per heavy atom. The van der Waals surface area contributed by atoms with Gasteiger partial charge in [-0.2, -0.15) is 0 Å². The van der Waals surface area contributed by atoms with Crippen molar-refractivity contribution in [2.24, 2.45) is 0 Å². The van der Waals surface area contributed by atoms with Crippen LogP contribution in [-0.4, -0.2) is 31.4 Å². The van der Waals surface area contributed by atoms with Crippen LogP contribution in [0, 0.1) is 13.8 Å². The maximum absolute atomic E-state index is 11.4. The molecule has 1 heterocycles. The van der Waals surface area contributed by atoms with E-state index in [2.05, 4.69) is 22.6 Å². The van der Waals surface area contributed by atoms with Crippen LogP contribution in [0.1, 0.15) is 23.1 Å². The zero-order valence-corrected chi connectivity index (χ0v) is 22.2. The van der Waals surface area contributed by atoms with Gasteiger partial charge < -0.3 is 9.47 Å². The van der Waals surface area contributed by atoms with Crippen LogP contribution in [0.4, 0.5) is 0 Å². The van der Waals surface area contributed by atoms with Gasteiger partial charge in [-0.25, -0.2) is 8.42 Å². The molecule has 0 aliphatic carbocycles. The molecule has 188 valence electrons. The molecule has 3 aromatic carbocycles. The fraction of sp³-hybridized carbons (Fsp3) is 0.250. The standard InChI is InChI=1S/C28H29NO5S2/c1-19-15-26(33-12-5-13-36(3,31)32)20(2)14-25(19)23-7-4-6-21(16-23)18-34-24-10-8-22(9-11-24)27-17-28(30)29-35-27/h4,6-11,14-17H,5,12-13,18H2,1-3H3,(H,29,30). The number of ether oxygens (including phenoxy) is 2. The van der Waals surface area contributed by atoms with Gasteiger partial charge in [-0.1, -0.05) is 29.7 Å². The van der Waals surface area contributed by atoms with Gasteiger partial charge in [0.1, 0.15) is 27.9 Å². The summed E-state index contributed by atoms with van der Waals surface area (Å²) in [6.45, 7) is 4.85. The number of hydrogen-bond acceptors (Lipinski definition) is 6. The monoisotopic (exact) mass is 523 g/mol. The summed E-state index contributed by atoms with van der Waals surface area (Å²) in [6.07, 6.45) is 1.71. The average molecular weight is 524 g/mol. The predicted octanol–water partition coefficient (Wildman–Crippen LogP) is 5.78. The third-order valence-corrected chi connectivity index (χ3v) is 7.65. The fourth-order valence-corrected chi connectivity index (χ4v) is 5.23. The van der Waals surface area contributed by atoms with Crippen molar-refractivity contribution < 1.29 is 17.9 Å². The molecule has 6 nitrogen and oxygen atoms in total. The molecule has 0 amide bonds. The molecule has 0 fully saturated rings. The molecule has 0 spiro atoms. The Labute approximate surface area is 215 Å². The van der Waals surface area contributed by atoms with Crippen molar-refractivity contribution in [3.63, 3.8) is 0 Å². The average Bonchev–Trinajstić information content (AvgIpc) is 3.28. The minimum atomic E-state index is -2.98. The summed E-state index contributed by atoms with van der Waals surface area (Å²) < 4.78 is 37.2. The number of rotatable bonds is 10. The highest BCUT2D eigenvalue weighted by Gasteiger charge is 2.10. The molecule has 0 saturated carbocycles. The Kier molecular flexibility index (Phi) is 7.96. The highest BCUT2D eigenvalue weighted by Crippen LogP contribution is 2.31.